The minimum absolute atomic E-state index is 0.0489. The van der Waals surface area contributed by atoms with Crippen molar-refractivity contribution in [3.63, 3.8) is 0 Å². The van der Waals surface area contributed by atoms with Crippen LogP contribution >= 0.6 is 27.5 Å². The van der Waals surface area contributed by atoms with Gasteiger partial charge in [-0.05, 0) is 30.5 Å². The van der Waals surface area contributed by atoms with E-state index in [2.05, 4.69) is 21.2 Å². The minimum Gasteiger partial charge on any atom is -0.461 e. The fraction of sp³-hybridized carbons (Fsp3) is 0.500. The Morgan fingerprint density at radius 1 is 1.31 bits per heavy atom. The predicted octanol–water partition coefficient (Wildman–Crippen LogP) is 3.41. The quantitative estimate of drug-likeness (QED) is 0.510. The van der Waals surface area contributed by atoms with Gasteiger partial charge in [-0.15, -0.1) is 0 Å². The molecule has 11 heteroatoms. The Morgan fingerprint density at radius 2 is 2.03 bits per heavy atom. The third-order valence-corrected chi connectivity index (χ3v) is 7.24. The van der Waals surface area contributed by atoms with E-state index in [0.717, 1.165) is 12.1 Å². The maximum atomic E-state index is 12.8. The van der Waals surface area contributed by atoms with Gasteiger partial charge in [0.1, 0.15) is 6.10 Å². The first kappa shape index (κ1) is 20.5. The highest BCUT2D eigenvalue weighted by molar-refractivity contribution is 9.09. The molecule has 1 heterocycles. The molecular formula is C18H14BrClF3NO5. The van der Waals surface area contributed by atoms with Crippen molar-refractivity contribution in [1.82, 2.24) is 0 Å². The number of ether oxygens (including phenoxy) is 2. The highest BCUT2D eigenvalue weighted by Crippen LogP contribution is 2.60. The number of carbonyl (C=O) groups is 3. The van der Waals surface area contributed by atoms with Crippen molar-refractivity contribution in [3.8, 4) is 0 Å². The lowest BCUT2D eigenvalue weighted by atomic mass is 9.80. The maximum absolute atomic E-state index is 12.8. The molecule has 2 bridgehead atoms. The molecule has 0 radical (unpaired) electrons. The van der Waals surface area contributed by atoms with E-state index >= 15 is 0 Å². The SMILES string of the molecule is O=C(COC(=O)[C@@H]1[C@H]2C[C@H]3[C@H](OC(=O)[C@H]31)[C@@H]2Br)Nc1cc(C(F)(F)F)ccc1Cl. The molecule has 2 saturated carbocycles. The van der Waals surface area contributed by atoms with Crippen LogP contribution < -0.4 is 5.32 Å². The number of rotatable bonds is 4. The Bertz CT molecular complexity index is 895. The monoisotopic (exact) mass is 495 g/mol. The Hall–Kier alpha value is -1.81. The number of hydrogen-bond acceptors (Lipinski definition) is 5. The van der Waals surface area contributed by atoms with Gasteiger partial charge < -0.3 is 14.8 Å². The first-order valence-electron chi connectivity index (χ1n) is 8.75. The highest BCUT2D eigenvalue weighted by atomic mass is 79.9. The molecule has 0 unspecified atom stereocenters. The zero-order chi connectivity index (χ0) is 21.1. The molecule has 1 aromatic rings. The topological polar surface area (TPSA) is 81.7 Å². The number of fused-ring (bicyclic) bond motifs is 1. The van der Waals surface area contributed by atoms with Gasteiger partial charge in [0.05, 0.1) is 32.9 Å². The van der Waals surface area contributed by atoms with Crippen LogP contribution in [-0.2, 0) is 30.0 Å². The molecule has 0 aromatic heterocycles. The van der Waals surface area contributed by atoms with Gasteiger partial charge in [-0.25, -0.2) is 0 Å². The summed E-state index contributed by atoms with van der Waals surface area (Å²) >= 11 is 9.30. The van der Waals surface area contributed by atoms with Gasteiger partial charge >= 0.3 is 18.1 Å². The third-order valence-electron chi connectivity index (χ3n) is 5.71. The third kappa shape index (κ3) is 3.50. The Balaban J connectivity index is 1.38. The standard InChI is InChI=1S/C18H14BrClF3NO5/c19-14-7-4-8-13(17(27)29-15(8)14)12(7)16(26)28-5-11(25)24-10-3-6(18(21,22)23)1-2-9(10)20/h1-3,7-8,12-15H,4-5H2,(H,24,25)/t7-,8-,12-,13-,14-,15+/m1/s1. The summed E-state index contributed by atoms with van der Waals surface area (Å²) in [7, 11) is 0. The van der Waals surface area contributed by atoms with Crippen LogP contribution in [0.5, 0.6) is 0 Å². The normalized spacial score (nSPS) is 32.2. The first-order chi connectivity index (χ1) is 13.6. The molecule has 1 amide bonds. The van der Waals surface area contributed by atoms with Crippen molar-refractivity contribution in [1.29, 1.82) is 0 Å². The van der Waals surface area contributed by atoms with Crippen LogP contribution in [0, 0.1) is 23.7 Å². The van der Waals surface area contributed by atoms with Crippen LogP contribution in [0.3, 0.4) is 0 Å². The molecule has 29 heavy (non-hydrogen) atoms. The number of hydrogen-bond donors (Lipinski definition) is 1. The van der Waals surface area contributed by atoms with E-state index in [1.165, 1.54) is 0 Å². The summed E-state index contributed by atoms with van der Waals surface area (Å²) in [5.41, 5.74) is -1.22. The molecular weight excluding hydrogens is 483 g/mol. The molecule has 6 nitrogen and oxygen atoms in total. The van der Waals surface area contributed by atoms with E-state index in [0.29, 0.717) is 12.5 Å². The van der Waals surface area contributed by atoms with Gasteiger partial charge in [-0.3, -0.25) is 14.4 Å². The van der Waals surface area contributed by atoms with Crippen molar-refractivity contribution in [2.45, 2.75) is 23.5 Å². The van der Waals surface area contributed by atoms with Gasteiger partial charge in [-0.2, -0.15) is 13.2 Å². The summed E-state index contributed by atoms with van der Waals surface area (Å²) in [5, 5.41) is 2.11. The van der Waals surface area contributed by atoms with Gasteiger partial charge in [-0.1, -0.05) is 27.5 Å². The average Bonchev–Trinajstić information content (AvgIpc) is 3.25. The van der Waals surface area contributed by atoms with Crippen molar-refractivity contribution in [2.24, 2.45) is 23.7 Å². The highest BCUT2D eigenvalue weighted by Gasteiger charge is 2.68. The lowest BCUT2D eigenvalue weighted by Gasteiger charge is -2.26. The molecule has 1 saturated heterocycles. The van der Waals surface area contributed by atoms with Crippen LogP contribution in [0.1, 0.15) is 12.0 Å². The van der Waals surface area contributed by atoms with Crippen molar-refractivity contribution in [2.75, 3.05) is 11.9 Å². The Kier molecular flexibility index (Phi) is 5.05. The molecule has 1 aliphatic heterocycles. The van der Waals surface area contributed by atoms with Crippen LogP contribution in [0.2, 0.25) is 5.02 Å². The van der Waals surface area contributed by atoms with Gasteiger partial charge in [0, 0.05) is 5.92 Å². The fourth-order valence-corrected chi connectivity index (χ4v) is 5.72. The van der Waals surface area contributed by atoms with Crippen LogP contribution in [0.4, 0.5) is 18.9 Å². The number of anilines is 1. The van der Waals surface area contributed by atoms with E-state index in [9.17, 15) is 27.6 Å². The van der Waals surface area contributed by atoms with Crippen LogP contribution in [0.15, 0.2) is 18.2 Å². The zero-order valence-corrected chi connectivity index (χ0v) is 16.9. The van der Waals surface area contributed by atoms with E-state index in [1.807, 2.05) is 0 Å². The molecule has 0 spiro atoms. The summed E-state index contributed by atoms with van der Waals surface area (Å²) in [6, 6.07) is 2.50. The minimum atomic E-state index is -4.60. The number of carbonyl (C=O) groups excluding carboxylic acids is 3. The smallest absolute Gasteiger partial charge is 0.416 e. The van der Waals surface area contributed by atoms with E-state index in [1.54, 1.807) is 0 Å². The van der Waals surface area contributed by atoms with Crippen LogP contribution in [0.25, 0.3) is 0 Å². The molecule has 3 fully saturated rings. The number of nitrogens with one attached hydrogen (secondary N) is 1. The second kappa shape index (κ2) is 7.16. The molecule has 156 valence electrons. The van der Waals surface area contributed by atoms with Crippen molar-refractivity contribution < 1.29 is 37.0 Å². The lowest BCUT2D eigenvalue weighted by molar-refractivity contribution is -0.157. The van der Waals surface area contributed by atoms with Gasteiger partial charge in [0.2, 0.25) is 0 Å². The number of amides is 1. The second-order valence-corrected chi connectivity index (χ2v) is 8.77. The fourth-order valence-electron chi connectivity index (χ4n) is 4.51. The second-order valence-electron chi connectivity index (χ2n) is 7.31. The summed E-state index contributed by atoms with van der Waals surface area (Å²) in [6.07, 6.45) is -4.19. The van der Waals surface area contributed by atoms with Crippen molar-refractivity contribution in [3.05, 3.63) is 28.8 Å². The summed E-state index contributed by atoms with van der Waals surface area (Å²) < 4.78 is 48.8. The summed E-state index contributed by atoms with van der Waals surface area (Å²) in [5.74, 6) is -3.44. The molecule has 3 aliphatic rings. The lowest BCUT2D eigenvalue weighted by Crippen LogP contribution is -2.39. The Morgan fingerprint density at radius 3 is 2.72 bits per heavy atom. The molecule has 1 aromatic carbocycles. The predicted molar refractivity (Wildman–Crippen MR) is 97.2 cm³/mol. The van der Waals surface area contributed by atoms with Crippen LogP contribution in [-0.4, -0.2) is 35.4 Å². The number of halogens is 5. The van der Waals surface area contributed by atoms with E-state index in [-0.39, 0.29) is 33.5 Å². The maximum Gasteiger partial charge on any atom is 0.416 e. The number of benzene rings is 1. The largest absolute Gasteiger partial charge is 0.461 e. The molecule has 2 aliphatic carbocycles. The summed E-state index contributed by atoms with van der Waals surface area (Å²) in [4.78, 5) is 36.5. The van der Waals surface area contributed by atoms with Gasteiger partial charge in [0.15, 0.2) is 6.61 Å². The van der Waals surface area contributed by atoms with Crippen molar-refractivity contribution >= 4 is 51.1 Å². The first-order valence-corrected chi connectivity index (χ1v) is 10.0. The zero-order valence-electron chi connectivity index (χ0n) is 14.5. The molecule has 1 N–H and O–H groups in total. The Labute approximate surface area is 176 Å². The molecule has 4 rings (SSSR count). The number of alkyl halides is 4. The van der Waals surface area contributed by atoms with Gasteiger partial charge in [0.25, 0.3) is 5.91 Å². The summed E-state index contributed by atoms with van der Waals surface area (Å²) in [6.45, 7) is -0.711. The van der Waals surface area contributed by atoms with E-state index < -0.39 is 48.0 Å². The van der Waals surface area contributed by atoms with E-state index in [4.69, 9.17) is 21.1 Å². The average molecular weight is 497 g/mol. The number of esters is 2. The molecule has 6 atom stereocenters.